The largest absolute Gasteiger partial charge is 0.487 e. The zero-order valence-electron chi connectivity index (χ0n) is 44.8. The van der Waals surface area contributed by atoms with Crippen LogP contribution in [0.5, 0.6) is 46.0 Å². The van der Waals surface area contributed by atoms with Crippen molar-refractivity contribution in [3.05, 3.63) is 96.1 Å². The predicted octanol–water partition coefficient (Wildman–Crippen LogP) is 7.64. The molecule has 2 N–H and O–H groups in total. The zero-order valence-corrected chi connectivity index (χ0v) is 48.0. The fourth-order valence-corrected chi connectivity index (χ4v) is 15.3. The Kier molecular flexibility index (Phi) is 27.4. The second kappa shape index (κ2) is 35.3. The monoisotopic (exact) mass is 1180 g/mol. The molecule has 1 spiro atoms. The number of thioether (sulfide) groups is 4. The lowest BCUT2D eigenvalue weighted by Crippen LogP contribution is -2.42. The Bertz CT molecular complexity index is 2160. The van der Waals surface area contributed by atoms with E-state index in [9.17, 15) is 10.2 Å². The SMILES string of the molecule is OC(c1ccc2c(c1)OCCOCCOCCOc1ccccc1OCCOCCOCCO2)C1SCC2(CS1)CSC(C(O)c1ccc3c(c1)OCCOCCOCCOc1ccccc1OCCOCCOCCO3)SC2. The Balaban J connectivity index is 0.784. The van der Waals surface area contributed by atoms with E-state index in [1.54, 1.807) is 47.0 Å². The first-order valence-electron chi connectivity index (χ1n) is 27.0. The molecule has 2 atom stereocenters. The molecule has 4 aromatic rings. The summed E-state index contributed by atoms with van der Waals surface area (Å²) in [5, 5.41) is 23.6. The number of hydrogen-bond acceptors (Lipinski definition) is 22. The fourth-order valence-electron chi connectivity index (χ4n) is 8.29. The van der Waals surface area contributed by atoms with E-state index < -0.39 is 12.2 Å². The summed E-state index contributed by atoms with van der Waals surface area (Å²) in [5.41, 5.74) is 1.56. The van der Waals surface area contributed by atoms with Crippen molar-refractivity contribution in [2.75, 3.05) is 182 Å². The van der Waals surface area contributed by atoms with Crippen LogP contribution in [0.25, 0.3) is 0 Å². The van der Waals surface area contributed by atoms with Crippen LogP contribution in [0.1, 0.15) is 23.3 Å². The van der Waals surface area contributed by atoms with Gasteiger partial charge in [-0.05, 0) is 59.7 Å². The van der Waals surface area contributed by atoms with E-state index >= 15 is 0 Å². The summed E-state index contributed by atoms with van der Waals surface area (Å²) in [7, 11) is 0. The average Bonchev–Trinajstić information content (AvgIpc) is 3.50. The molecule has 2 saturated heterocycles. The van der Waals surface area contributed by atoms with Gasteiger partial charge in [0.05, 0.1) is 115 Å². The first-order chi connectivity index (χ1) is 39.0. The molecule has 0 saturated carbocycles. The van der Waals surface area contributed by atoms with Gasteiger partial charge in [-0.1, -0.05) is 36.4 Å². The highest BCUT2D eigenvalue weighted by Crippen LogP contribution is 2.54. The third-order valence-corrected chi connectivity index (χ3v) is 19.5. The molecule has 2 fully saturated rings. The molecule has 0 radical (unpaired) electrons. The van der Waals surface area contributed by atoms with Crippen LogP contribution in [-0.2, 0) is 37.9 Å². The highest BCUT2D eigenvalue weighted by molar-refractivity contribution is 8.19. The molecule has 8 rings (SSSR count). The summed E-state index contributed by atoms with van der Waals surface area (Å²) in [6.07, 6.45) is -1.48. The maximum absolute atomic E-state index is 11.8. The van der Waals surface area contributed by atoms with Gasteiger partial charge in [0, 0.05) is 28.4 Å². The molecule has 22 heteroatoms. The van der Waals surface area contributed by atoms with Crippen LogP contribution < -0.4 is 37.9 Å². The summed E-state index contributed by atoms with van der Waals surface area (Å²) >= 11 is 7.16. The lowest BCUT2D eigenvalue weighted by atomic mass is 9.99. The molecule has 79 heavy (non-hydrogen) atoms. The molecule has 0 aromatic heterocycles. The fraction of sp³-hybridized carbons (Fsp3) is 0.579. The van der Waals surface area contributed by atoms with Gasteiger partial charge in [-0.3, -0.25) is 0 Å². The van der Waals surface area contributed by atoms with Gasteiger partial charge in [-0.2, -0.15) is 0 Å². The minimum Gasteiger partial charge on any atom is -0.487 e. The molecule has 0 amide bonds. The van der Waals surface area contributed by atoms with E-state index in [0.717, 1.165) is 34.1 Å². The molecular weight excluding hydrogens is 1100 g/mol. The number of ether oxygens (including phenoxy) is 16. The highest BCUT2D eigenvalue weighted by Gasteiger charge is 2.43. The van der Waals surface area contributed by atoms with Crippen LogP contribution in [0.2, 0.25) is 0 Å². The van der Waals surface area contributed by atoms with Crippen molar-refractivity contribution in [2.24, 2.45) is 5.41 Å². The first kappa shape index (κ1) is 61.4. The molecule has 18 nitrogen and oxygen atoms in total. The van der Waals surface area contributed by atoms with Gasteiger partial charge in [0.2, 0.25) is 0 Å². The van der Waals surface area contributed by atoms with Crippen LogP contribution in [0.15, 0.2) is 84.9 Å². The van der Waals surface area contributed by atoms with Gasteiger partial charge >= 0.3 is 0 Å². The van der Waals surface area contributed by atoms with E-state index in [2.05, 4.69) is 0 Å². The quantitative estimate of drug-likeness (QED) is 0.203. The van der Waals surface area contributed by atoms with Crippen LogP contribution in [0.3, 0.4) is 0 Å². The lowest BCUT2D eigenvalue weighted by molar-refractivity contribution is 0.0223. The first-order valence-corrected chi connectivity index (χ1v) is 31.2. The van der Waals surface area contributed by atoms with Crippen LogP contribution >= 0.6 is 47.0 Å². The van der Waals surface area contributed by atoms with Gasteiger partial charge in [-0.25, -0.2) is 0 Å². The van der Waals surface area contributed by atoms with Crippen LogP contribution in [-0.4, -0.2) is 201 Å². The smallest absolute Gasteiger partial charge is 0.161 e. The summed E-state index contributed by atoms with van der Waals surface area (Å²) in [6.45, 7) is 8.92. The Morgan fingerprint density at radius 3 is 0.759 bits per heavy atom. The molecule has 0 bridgehead atoms. The lowest BCUT2D eigenvalue weighted by Gasteiger charge is -2.44. The topological polar surface area (TPSA) is 188 Å². The second-order valence-corrected chi connectivity index (χ2v) is 23.5. The Morgan fingerprint density at radius 1 is 0.291 bits per heavy atom. The minimum absolute atomic E-state index is 0.0543. The van der Waals surface area contributed by atoms with E-state index in [1.807, 2.05) is 84.9 Å². The van der Waals surface area contributed by atoms with E-state index in [4.69, 9.17) is 75.8 Å². The number of benzene rings is 4. The molecule has 436 valence electrons. The van der Waals surface area contributed by atoms with Gasteiger partial charge in [0.25, 0.3) is 0 Å². The molecule has 0 aliphatic carbocycles. The number of aliphatic hydroxyl groups excluding tert-OH is 2. The molecule has 2 unspecified atom stereocenters. The second-order valence-electron chi connectivity index (χ2n) is 18.4. The number of para-hydroxylation sites is 4. The van der Waals surface area contributed by atoms with Crippen LogP contribution in [0.4, 0.5) is 0 Å². The average molecular weight is 1180 g/mol. The Labute approximate surface area is 481 Å². The third kappa shape index (κ3) is 20.9. The minimum atomic E-state index is -0.739. The van der Waals surface area contributed by atoms with Crippen molar-refractivity contribution in [3.8, 4) is 46.0 Å². The summed E-state index contributed by atoms with van der Waals surface area (Å²) in [5.74, 6) is 8.35. The number of aliphatic hydroxyl groups is 2. The summed E-state index contributed by atoms with van der Waals surface area (Å²) in [6, 6.07) is 26.3. The van der Waals surface area contributed by atoms with E-state index in [-0.39, 0.29) is 27.8 Å². The van der Waals surface area contributed by atoms with Crippen molar-refractivity contribution < 1.29 is 86.0 Å². The summed E-state index contributed by atoms with van der Waals surface area (Å²) in [4.78, 5) is 0. The number of fused-ring (bicyclic) bond motifs is 4. The molecule has 4 aliphatic rings. The normalized spacial score (nSPS) is 24.1. The third-order valence-electron chi connectivity index (χ3n) is 12.4. The van der Waals surface area contributed by atoms with Crippen LogP contribution in [0, 0.1) is 5.41 Å². The van der Waals surface area contributed by atoms with Gasteiger partial charge in [0.1, 0.15) is 65.1 Å². The number of hydrogen-bond donors (Lipinski definition) is 2. The molecule has 4 aromatic carbocycles. The standard InChI is InChI=1S/C57H76O18S4/c58-53(43-9-11-49-51(37-43)74-35-27-66-19-17-62-23-31-70-47-7-3-1-5-45(47)68-29-21-60-13-15-64-25-33-72-49)55-76-39-57(40-77-55)41-78-56(79-42-57)54(59)44-10-12-50-52(38-44)75-36-28-67-20-18-63-24-32-71-48-8-4-2-6-46(48)69-30-22-61-14-16-65-26-34-73-50/h1-12,37-38,53-56,58-59H,13-36,39-42H2. The van der Waals surface area contributed by atoms with E-state index in [1.165, 1.54) is 0 Å². The van der Waals surface area contributed by atoms with Gasteiger partial charge in [-0.15, -0.1) is 47.0 Å². The van der Waals surface area contributed by atoms with Crippen molar-refractivity contribution in [1.29, 1.82) is 0 Å². The number of rotatable bonds is 4. The zero-order chi connectivity index (χ0) is 54.4. The Morgan fingerprint density at radius 2 is 0.506 bits per heavy atom. The predicted molar refractivity (Wildman–Crippen MR) is 306 cm³/mol. The molecule has 4 aliphatic heterocycles. The van der Waals surface area contributed by atoms with E-state index in [0.29, 0.717) is 191 Å². The van der Waals surface area contributed by atoms with Gasteiger partial charge < -0.3 is 86.0 Å². The van der Waals surface area contributed by atoms with Crippen molar-refractivity contribution in [3.63, 3.8) is 0 Å². The van der Waals surface area contributed by atoms with Crippen molar-refractivity contribution in [1.82, 2.24) is 0 Å². The maximum atomic E-state index is 11.8. The van der Waals surface area contributed by atoms with Gasteiger partial charge in [0.15, 0.2) is 46.0 Å². The molecular formula is C57H76O18S4. The maximum Gasteiger partial charge on any atom is 0.161 e. The van der Waals surface area contributed by atoms with Crippen molar-refractivity contribution in [2.45, 2.75) is 21.4 Å². The Hall–Kier alpha value is -3.72. The summed E-state index contributed by atoms with van der Waals surface area (Å²) < 4.78 is 94.1. The molecule has 4 heterocycles. The highest BCUT2D eigenvalue weighted by atomic mass is 32.2. The van der Waals surface area contributed by atoms with Crippen molar-refractivity contribution >= 4 is 47.0 Å².